The van der Waals surface area contributed by atoms with Gasteiger partial charge in [0, 0.05) is 0 Å². The molecule has 1 aromatic carbocycles. The monoisotopic (exact) mass is 304 g/mol. The molecule has 1 aliphatic heterocycles. The van der Waals surface area contributed by atoms with Crippen molar-refractivity contribution < 1.29 is 4.74 Å². The summed E-state index contributed by atoms with van der Waals surface area (Å²) in [7, 11) is 0. The van der Waals surface area contributed by atoms with Crippen LogP contribution >= 0.6 is 0 Å². The lowest BCUT2D eigenvalue weighted by molar-refractivity contribution is 0.405. The zero-order chi connectivity index (χ0) is 16.6. The summed E-state index contributed by atoms with van der Waals surface area (Å²) in [6.07, 6.45) is 0. The van der Waals surface area contributed by atoms with Crippen LogP contribution in [0.25, 0.3) is 0 Å². The van der Waals surface area contributed by atoms with E-state index in [0.717, 1.165) is 11.3 Å². The topological polar surface area (TPSA) is 85.5 Å². The van der Waals surface area contributed by atoms with E-state index in [4.69, 9.17) is 4.74 Å². The summed E-state index contributed by atoms with van der Waals surface area (Å²) in [5.74, 6) is 1.15. The average Bonchev–Trinajstić information content (AvgIpc) is 2.92. The Morgan fingerprint density at radius 1 is 1.17 bits per heavy atom. The van der Waals surface area contributed by atoms with E-state index >= 15 is 0 Å². The van der Waals surface area contributed by atoms with Gasteiger partial charge in [-0.15, -0.1) is 0 Å². The summed E-state index contributed by atoms with van der Waals surface area (Å²) >= 11 is 0. The molecule has 0 saturated heterocycles. The Hall–Kier alpha value is -3.05. The minimum atomic E-state index is -0.360. The minimum absolute atomic E-state index is 0.0180. The average molecular weight is 304 g/mol. The number of hydrogen-bond donors (Lipinski definition) is 1. The molecule has 5 heteroatoms. The van der Waals surface area contributed by atoms with Crippen LogP contribution in [-0.2, 0) is 0 Å². The third-order valence-electron chi connectivity index (χ3n) is 3.99. The smallest absolute Gasteiger partial charge is 0.242 e. The Labute approximate surface area is 134 Å². The van der Waals surface area contributed by atoms with E-state index in [2.05, 4.69) is 42.0 Å². The molecule has 3 rings (SSSR count). The molecule has 0 amide bonds. The summed E-state index contributed by atoms with van der Waals surface area (Å²) in [5.41, 5.74) is 3.19. The molecule has 0 saturated carbocycles. The number of hydrogen-bond acceptors (Lipinski definition) is 4. The first-order valence-electron chi connectivity index (χ1n) is 7.43. The van der Waals surface area contributed by atoms with Crippen molar-refractivity contribution in [1.82, 2.24) is 9.97 Å². The molecule has 0 radical (unpaired) electrons. The number of fused-ring (bicyclic) bond motifs is 1. The second kappa shape index (κ2) is 5.62. The summed E-state index contributed by atoms with van der Waals surface area (Å²) in [6.45, 7) is 6.08. The fourth-order valence-corrected chi connectivity index (χ4v) is 2.79. The number of allylic oxidation sites excluding steroid dienone is 2. The maximum Gasteiger partial charge on any atom is 0.242 e. The van der Waals surface area contributed by atoms with Gasteiger partial charge in [-0.3, -0.25) is 0 Å². The van der Waals surface area contributed by atoms with Crippen LogP contribution in [0, 0.1) is 29.6 Å². The van der Waals surface area contributed by atoms with Crippen LogP contribution in [0.4, 0.5) is 0 Å². The fourth-order valence-electron chi connectivity index (χ4n) is 2.79. The number of imidazole rings is 1. The van der Waals surface area contributed by atoms with Crippen LogP contribution in [0.3, 0.4) is 0 Å². The van der Waals surface area contributed by atoms with Gasteiger partial charge in [-0.1, -0.05) is 38.1 Å². The molecule has 23 heavy (non-hydrogen) atoms. The highest BCUT2D eigenvalue weighted by Crippen LogP contribution is 2.41. The molecule has 2 aromatic rings. The van der Waals surface area contributed by atoms with E-state index in [9.17, 15) is 10.5 Å². The van der Waals surface area contributed by atoms with Crippen molar-refractivity contribution >= 4 is 0 Å². The van der Waals surface area contributed by atoms with Crippen LogP contribution in [0.2, 0.25) is 0 Å². The number of nitrogens with zero attached hydrogens (tertiary/aromatic N) is 3. The van der Waals surface area contributed by atoms with Gasteiger partial charge in [-0.25, -0.2) is 0 Å². The lowest BCUT2D eigenvalue weighted by Gasteiger charge is -2.22. The number of nitriles is 2. The number of rotatable bonds is 2. The first kappa shape index (κ1) is 14.9. The van der Waals surface area contributed by atoms with Crippen LogP contribution in [0.5, 0.6) is 5.88 Å². The van der Waals surface area contributed by atoms with Crippen molar-refractivity contribution in [2.45, 2.75) is 32.6 Å². The zero-order valence-electron chi connectivity index (χ0n) is 13.2. The van der Waals surface area contributed by atoms with Crippen molar-refractivity contribution in [1.29, 1.82) is 10.5 Å². The molecular weight excluding hydrogens is 288 g/mol. The number of aryl methyl sites for hydroxylation is 1. The molecule has 1 aliphatic rings. The molecule has 0 unspecified atom stereocenters. The van der Waals surface area contributed by atoms with Gasteiger partial charge in [0.05, 0.1) is 17.2 Å². The predicted molar refractivity (Wildman–Crippen MR) is 84.6 cm³/mol. The Balaban J connectivity index is 2.16. The maximum atomic E-state index is 9.53. The molecule has 0 fully saturated rings. The molecule has 2 heterocycles. The van der Waals surface area contributed by atoms with Crippen molar-refractivity contribution in [3.05, 3.63) is 58.2 Å². The van der Waals surface area contributed by atoms with E-state index in [0.29, 0.717) is 23.2 Å². The maximum absolute atomic E-state index is 9.53. The third-order valence-corrected chi connectivity index (χ3v) is 3.99. The molecule has 1 atom stereocenters. The van der Waals surface area contributed by atoms with Gasteiger partial charge < -0.3 is 9.72 Å². The number of aromatic amines is 1. The van der Waals surface area contributed by atoms with E-state index in [-0.39, 0.29) is 11.7 Å². The molecule has 1 aromatic heterocycles. The van der Waals surface area contributed by atoms with Gasteiger partial charge in [0.1, 0.15) is 18.0 Å². The molecule has 0 aliphatic carbocycles. The number of H-pyrrole nitrogens is 1. The first-order chi connectivity index (χ1) is 11.0. The fraction of sp³-hybridized carbons (Fsp3) is 0.278. The Morgan fingerprint density at radius 2 is 1.87 bits per heavy atom. The Bertz CT molecular complexity index is 860. The minimum Gasteiger partial charge on any atom is -0.425 e. The summed E-state index contributed by atoms with van der Waals surface area (Å²) in [5, 5.41) is 18.8. The van der Waals surface area contributed by atoms with Gasteiger partial charge in [-0.2, -0.15) is 15.5 Å². The van der Waals surface area contributed by atoms with E-state index in [1.54, 1.807) is 0 Å². The molecule has 0 bridgehead atoms. The normalized spacial score (nSPS) is 16.5. The molecule has 0 spiro atoms. The largest absolute Gasteiger partial charge is 0.425 e. The van der Waals surface area contributed by atoms with Gasteiger partial charge >= 0.3 is 0 Å². The van der Waals surface area contributed by atoms with Crippen LogP contribution in [0.1, 0.15) is 48.3 Å². The molecule has 114 valence electrons. The number of aromatic nitrogens is 2. The van der Waals surface area contributed by atoms with Crippen molar-refractivity contribution in [2.75, 3.05) is 0 Å². The Kier molecular flexibility index (Phi) is 3.64. The quantitative estimate of drug-likeness (QED) is 0.917. The predicted octanol–water partition coefficient (Wildman–Crippen LogP) is 3.67. The summed E-state index contributed by atoms with van der Waals surface area (Å²) < 4.78 is 5.47. The lowest BCUT2D eigenvalue weighted by atomic mass is 9.86. The summed E-state index contributed by atoms with van der Waals surface area (Å²) in [6, 6.07) is 12.2. The number of benzene rings is 1. The van der Waals surface area contributed by atoms with E-state index in [1.807, 2.05) is 25.1 Å². The van der Waals surface area contributed by atoms with Crippen molar-refractivity contribution in [2.24, 2.45) is 0 Å². The van der Waals surface area contributed by atoms with E-state index < -0.39 is 0 Å². The van der Waals surface area contributed by atoms with Gasteiger partial charge in [-0.05, 0) is 24.0 Å². The van der Waals surface area contributed by atoms with Crippen LogP contribution in [-0.4, -0.2) is 9.97 Å². The first-order valence-corrected chi connectivity index (χ1v) is 7.43. The highest BCUT2D eigenvalue weighted by Gasteiger charge is 2.34. The number of ether oxygens (including phenoxy) is 1. The molecule has 5 nitrogen and oxygen atoms in total. The van der Waals surface area contributed by atoms with Crippen molar-refractivity contribution in [3.63, 3.8) is 0 Å². The van der Waals surface area contributed by atoms with Crippen LogP contribution < -0.4 is 4.74 Å². The SMILES string of the molecule is Cc1nc2c([nH]1)[C@H](c1ccc(C(C)C)cc1)C(C#N)=C(C#N)O2. The van der Waals surface area contributed by atoms with Gasteiger partial charge in [0.2, 0.25) is 11.6 Å². The zero-order valence-corrected chi connectivity index (χ0v) is 13.2. The van der Waals surface area contributed by atoms with Gasteiger partial charge in [0.25, 0.3) is 0 Å². The highest BCUT2D eigenvalue weighted by molar-refractivity contribution is 5.54. The molecule has 1 N–H and O–H groups in total. The summed E-state index contributed by atoms with van der Waals surface area (Å²) in [4.78, 5) is 7.43. The van der Waals surface area contributed by atoms with E-state index in [1.165, 1.54) is 5.56 Å². The Morgan fingerprint density at radius 3 is 2.43 bits per heavy atom. The standard InChI is InChI=1S/C18H16N4O/c1-10(2)12-4-6-13(7-5-12)16-14(8-19)15(9-20)23-18-17(16)21-11(3)22-18/h4-7,10,16H,1-3H3,(H,21,22)/t16-/m1/s1. The second-order valence-corrected chi connectivity index (χ2v) is 5.86. The third kappa shape index (κ3) is 2.47. The van der Waals surface area contributed by atoms with Crippen LogP contribution in [0.15, 0.2) is 35.6 Å². The van der Waals surface area contributed by atoms with Crippen molar-refractivity contribution in [3.8, 4) is 18.0 Å². The lowest BCUT2D eigenvalue weighted by Crippen LogP contribution is -2.15. The number of nitrogens with one attached hydrogen (secondary N) is 1. The molecular formula is C18H16N4O. The highest BCUT2D eigenvalue weighted by atomic mass is 16.5. The van der Waals surface area contributed by atoms with Gasteiger partial charge in [0.15, 0.2) is 0 Å². The second-order valence-electron chi connectivity index (χ2n) is 5.86.